The van der Waals surface area contributed by atoms with Crippen LogP contribution in [0.1, 0.15) is 36.8 Å². The number of rotatable bonds is 0. The van der Waals surface area contributed by atoms with E-state index in [4.69, 9.17) is 9.47 Å². The van der Waals surface area contributed by atoms with E-state index in [1.807, 2.05) is 12.1 Å². The van der Waals surface area contributed by atoms with Gasteiger partial charge in [0.25, 0.3) is 0 Å². The summed E-state index contributed by atoms with van der Waals surface area (Å²) in [5.74, 6) is 0.643. The van der Waals surface area contributed by atoms with Crippen LogP contribution in [0.15, 0.2) is 18.2 Å². The zero-order chi connectivity index (χ0) is 14.8. The Hall–Kier alpha value is -1.10. The molecule has 22 heavy (non-hydrogen) atoms. The molecular weight excluding hydrogens is 278 g/mol. The second-order valence-electron chi connectivity index (χ2n) is 7.44. The van der Waals surface area contributed by atoms with Gasteiger partial charge in [-0.3, -0.25) is 0 Å². The maximum Gasteiger partial charge on any atom is 0.169 e. The lowest BCUT2D eigenvalue weighted by Crippen LogP contribution is -2.63. The quantitative estimate of drug-likeness (QED) is 0.770. The first-order chi connectivity index (χ1) is 10.7. The second kappa shape index (κ2) is 4.47. The van der Waals surface area contributed by atoms with E-state index in [9.17, 15) is 5.11 Å². The van der Waals surface area contributed by atoms with Gasteiger partial charge in [0.15, 0.2) is 5.79 Å². The lowest BCUT2D eigenvalue weighted by Gasteiger charge is -2.58. The standard InChI is InChI=1S/C18H23NO3/c20-13-2-1-12-9-16-14-3-4-18(21-7-8-22-18)11-17(14,5-6-19-16)15(12)10-13/h1-2,10,14,16,19-20H,3-9,11H2/t14-,16+,17-/m0/s1. The van der Waals surface area contributed by atoms with Crippen LogP contribution >= 0.6 is 0 Å². The molecule has 2 bridgehead atoms. The van der Waals surface area contributed by atoms with Crippen molar-refractivity contribution in [2.75, 3.05) is 19.8 Å². The monoisotopic (exact) mass is 301 g/mol. The van der Waals surface area contributed by atoms with E-state index in [1.165, 1.54) is 11.1 Å². The van der Waals surface area contributed by atoms with Crippen LogP contribution in [0.25, 0.3) is 0 Å². The SMILES string of the molecule is Oc1ccc2c(c1)[C@]13CCN[C@H](C2)[C@@H]1CCC1(C3)OCCO1. The van der Waals surface area contributed by atoms with Gasteiger partial charge in [-0.2, -0.15) is 0 Å². The molecule has 4 aliphatic rings. The molecule has 0 amide bonds. The first kappa shape index (κ1) is 13.3. The smallest absolute Gasteiger partial charge is 0.169 e. The highest BCUT2D eigenvalue weighted by atomic mass is 16.7. The van der Waals surface area contributed by atoms with Crippen LogP contribution in [0.5, 0.6) is 5.75 Å². The highest BCUT2D eigenvalue weighted by Gasteiger charge is 2.59. The summed E-state index contributed by atoms with van der Waals surface area (Å²) in [4.78, 5) is 0. The number of piperidine rings is 1. The third-order valence-corrected chi connectivity index (χ3v) is 6.48. The molecule has 2 heterocycles. The van der Waals surface area contributed by atoms with Gasteiger partial charge in [-0.25, -0.2) is 0 Å². The van der Waals surface area contributed by atoms with Crippen molar-refractivity contribution in [2.24, 2.45) is 5.92 Å². The van der Waals surface area contributed by atoms with Gasteiger partial charge in [0.05, 0.1) is 13.2 Å². The average Bonchev–Trinajstić information content (AvgIpc) is 2.95. The fourth-order valence-corrected chi connectivity index (χ4v) is 5.67. The molecule has 3 atom stereocenters. The number of aromatic hydroxyl groups is 1. The number of phenols is 1. The molecule has 2 aliphatic heterocycles. The normalized spacial score (nSPS) is 38.5. The van der Waals surface area contributed by atoms with E-state index in [2.05, 4.69) is 11.4 Å². The fraction of sp³-hybridized carbons (Fsp3) is 0.667. The Morgan fingerprint density at radius 3 is 2.91 bits per heavy atom. The molecule has 2 saturated heterocycles. The van der Waals surface area contributed by atoms with Gasteiger partial charge in [0, 0.05) is 24.3 Å². The van der Waals surface area contributed by atoms with Crippen LogP contribution < -0.4 is 5.32 Å². The average molecular weight is 301 g/mol. The zero-order valence-corrected chi connectivity index (χ0v) is 12.8. The predicted octanol–water partition coefficient (Wildman–Crippen LogP) is 2.09. The van der Waals surface area contributed by atoms with Crippen molar-refractivity contribution in [3.05, 3.63) is 29.3 Å². The van der Waals surface area contributed by atoms with Crippen LogP contribution in [0, 0.1) is 5.92 Å². The van der Waals surface area contributed by atoms with Gasteiger partial charge < -0.3 is 19.9 Å². The van der Waals surface area contributed by atoms with Crippen molar-refractivity contribution in [2.45, 2.75) is 49.3 Å². The molecule has 5 rings (SSSR count). The molecule has 118 valence electrons. The number of hydrogen-bond acceptors (Lipinski definition) is 4. The number of ether oxygens (including phenoxy) is 2. The minimum absolute atomic E-state index is 0.102. The van der Waals surface area contributed by atoms with Crippen LogP contribution in [0.3, 0.4) is 0 Å². The molecule has 4 nitrogen and oxygen atoms in total. The number of hydrogen-bond donors (Lipinski definition) is 2. The summed E-state index contributed by atoms with van der Waals surface area (Å²) in [7, 11) is 0. The van der Waals surface area contributed by atoms with Crippen molar-refractivity contribution < 1.29 is 14.6 Å². The molecule has 1 saturated carbocycles. The number of fused-ring (bicyclic) bond motifs is 1. The van der Waals surface area contributed by atoms with Gasteiger partial charge in [-0.15, -0.1) is 0 Å². The topological polar surface area (TPSA) is 50.7 Å². The first-order valence-corrected chi connectivity index (χ1v) is 8.55. The number of nitrogens with one attached hydrogen (secondary N) is 1. The Balaban J connectivity index is 1.66. The van der Waals surface area contributed by atoms with Crippen molar-refractivity contribution in [3.63, 3.8) is 0 Å². The number of phenolic OH excluding ortho intramolecular Hbond substituents is 1. The van der Waals surface area contributed by atoms with Gasteiger partial charge in [-0.1, -0.05) is 6.07 Å². The lowest BCUT2D eigenvalue weighted by molar-refractivity contribution is -0.207. The van der Waals surface area contributed by atoms with Gasteiger partial charge in [0.1, 0.15) is 5.75 Å². The van der Waals surface area contributed by atoms with Crippen LogP contribution in [-0.2, 0) is 21.3 Å². The molecule has 2 N–H and O–H groups in total. The Bertz CT molecular complexity index is 610. The summed E-state index contributed by atoms with van der Waals surface area (Å²) in [6.07, 6.45) is 5.29. The van der Waals surface area contributed by atoms with Crippen LogP contribution in [0.2, 0.25) is 0 Å². The molecule has 2 aliphatic carbocycles. The largest absolute Gasteiger partial charge is 0.508 e. The van der Waals surface area contributed by atoms with Gasteiger partial charge in [0.2, 0.25) is 0 Å². The van der Waals surface area contributed by atoms with E-state index >= 15 is 0 Å². The summed E-state index contributed by atoms with van der Waals surface area (Å²) in [6, 6.07) is 6.51. The molecule has 3 fully saturated rings. The molecule has 0 aromatic heterocycles. The molecule has 0 unspecified atom stereocenters. The maximum absolute atomic E-state index is 10.1. The summed E-state index contributed by atoms with van der Waals surface area (Å²) in [5.41, 5.74) is 2.85. The Labute approximate surface area is 130 Å². The summed E-state index contributed by atoms with van der Waals surface area (Å²) < 4.78 is 12.1. The van der Waals surface area contributed by atoms with E-state index in [0.717, 1.165) is 51.9 Å². The first-order valence-electron chi connectivity index (χ1n) is 8.55. The number of benzene rings is 1. The minimum atomic E-state index is -0.377. The van der Waals surface area contributed by atoms with Crippen molar-refractivity contribution in [1.29, 1.82) is 0 Å². The molecule has 1 spiro atoms. The minimum Gasteiger partial charge on any atom is -0.508 e. The van der Waals surface area contributed by atoms with Crippen LogP contribution in [-0.4, -0.2) is 36.7 Å². The molecule has 1 aromatic rings. The predicted molar refractivity (Wildman–Crippen MR) is 81.9 cm³/mol. The van der Waals surface area contributed by atoms with E-state index in [1.54, 1.807) is 0 Å². The zero-order valence-electron chi connectivity index (χ0n) is 12.8. The Morgan fingerprint density at radius 2 is 2.05 bits per heavy atom. The lowest BCUT2D eigenvalue weighted by atomic mass is 9.51. The van der Waals surface area contributed by atoms with E-state index in [0.29, 0.717) is 17.7 Å². The van der Waals surface area contributed by atoms with Crippen LogP contribution in [0.4, 0.5) is 0 Å². The highest BCUT2D eigenvalue weighted by Crippen LogP contribution is 2.58. The summed E-state index contributed by atoms with van der Waals surface area (Å²) in [6.45, 7) is 2.48. The third kappa shape index (κ3) is 1.69. The summed E-state index contributed by atoms with van der Waals surface area (Å²) in [5, 5.41) is 13.8. The second-order valence-corrected chi connectivity index (χ2v) is 7.44. The Kier molecular flexibility index (Phi) is 2.71. The van der Waals surface area contributed by atoms with E-state index < -0.39 is 0 Å². The van der Waals surface area contributed by atoms with Gasteiger partial charge in [-0.05, 0) is 55.0 Å². The van der Waals surface area contributed by atoms with Crippen molar-refractivity contribution in [3.8, 4) is 5.75 Å². The third-order valence-electron chi connectivity index (χ3n) is 6.48. The van der Waals surface area contributed by atoms with Crippen molar-refractivity contribution >= 4 is 0 Å². The molecular formula is C18H23NO3. The molecule has 4 heteroatoms. The summed E-state index contributed by atoms with van der Waals surface area (Å²) >= 11 is 0. The Morgan fingerprint density at radius 1 is 1.18 bits per heavy atom. The molecule has 1 aromatic carbocycles. The van der Waals surface area contributed by atoms with Gasteiger partial charge >= 0.3 is 0 Å². The van der Waals surface area contributed by atoms with Crippen molar-refractivity contribution in [1.82, 2.24) is 5.32 Å². The maximum atomic E-state index is 10.1. The van der Waals surface area contributed by atoms with E-state index in [-0.39, 0.29) is 11.2 Å². The highest BCUT2D eigenvalue weighted by molar-refractivity contribution is 5.45. The molecule has 0 radical (unpaired) electrons. The fourth-order valence-electron chi connectivity index (χ4n) is 5.67.